The second kappa shape index (κ2) is 12.0. The van der Waals surface area contributed by atoms with Crippen LogP contribution < -0.4 is 19.8 Å². The summed E-state index contributed by atoms with van der Waals surface area (Å²) in [5.74, 6) is 0.157. The number of aromatic nitrogens is 1. The fourth-order valence-electron chi connectivity index (χ4n) is 5.42. The number of nitrogens with zero attached hydrogens (tertiary/aromatic N) is 3. The van der Waals surface area contributed by atoms with Crippen molar-refractivity contribution in [3.05, 3.63) is 109 Å². The van der Waals surface area contributed by atoms with Gasteiger partial charge in [-0.1, -0.05) is 30.9 Å². The standard InChI is InChI=1S/C35H35FN4O4/c1-5-28(23(2)39(3)40(4)25-9-7-6-8-10-25)34(41)38-24-11-14-33(30(36)19-24)44-32-15-18-37-31-20-26(12-13-29(31)32)43-27-21-35(16-17-35)42-22-27/h5-15,18-20,27H,1,16-17,21-22H2,2-4H3,(H,38,41)/b28-23+. The number of halogens is 1. The molecule has 1 spiro atoms. The van der Waals surface area contributed by atoms with E-state index in [9.17, 15) is 4.79 Å². The van der Waals surface area contributed by atoms with Gasteiger partial charge in [-0.2, -0.15) is 0 Å². The van der Waals surface area contributed by atoms with Crippen molar-refractivity contribution in [1.29, 1.82) is 0 Å². The van der Waals surface area contributed by atoms with Gasteiger partial charge in [-0.15, -0.1) is 0 Å². The van der Waals surface area contributed by atoms with Crippen molar-refractivity contribution in [2.45, 2.75) is 37.9 Å². The highest BCUT2D eigenvalue weighted by Gasteiger charge is 2.51. The average molecular weight is 595 g/mol. The van der Waals surface area contributed by atoms with Crippen molar-refractivity contribution in [3.8, 4) is 17.2 Å². The first-order valence-electron chi connectivity index (χ1n) is 14.6. The van der Waals surface area contributed by atoms with E-state index in [1.54, 1.807) is 18.3 Å². The zero-order valence-electron chi connectivity index (χ0n) is 25.0. The lowest BCUT2D eigenvalue weighted by atomic mass is 10.1. The van der Waals surface area contributed by atoms with E-state index in [1.165, 1.54) is 18.2 Å². The summed E-state index contributed by atoms with van der Waals surface area (Å²) < 4.78 is 33.2. The second-order valence-corrected chi connectivity index (χ2v) is 11.2. The highest BCUT2D eigenvalue weighted by atomic mass is 19.1. The maximum Gasteiger partial charge on any atom is 0.257 e. The molecule has 0 bridgehead atoms. The van der Waals surface area contributed by atoms with Crippen molar-refractivity contribution < 1.29 is 23.4 Å². The predicted octanol–water partition coefficient (Wildman–Crippen LogP) is 7.25. The number of hydrogen-bond acceptors (Lipinski definition) is 7. The molecule has 4 aromatic rings. The number of carbonyl (C=O) groups excluding carboxylic acids is 1. The SMILES string of the molecule is C=C/C(C(=O)Nc1ccc(Oc2ccnc3cc(OC4COC5(CC5)C4)ccc23)c(F)c1)=C(/C)N(C)N(C)c1ccccc1. The van der Waals surface area contributed by atoms with Gasteiger partial charge < -0.3 is 19.5 Å². The molecule has 6 rings (SSSR count). The number of benzene rings is 3. The number of anilines is 2. The largest absolute Gasteiger partial charge is 0.488 e. The third-order valence-corrected chi connectivity index (χ3v) is 8.27. The van der Waals surface area contributed by atoms with E-state index in [0.717, 1.165) is 30.3 Å². The molecule has 9 heteroatoms. The van der Waals surface area contributed by atoms with Crippen LogP contribution in [0.25, 0.3) is 10.9 Å². The Morgan fingerprint density at radius 3 is 2.59 bits per heavy atom. The van der Waals surface area contributed by atoms with Gasteiger partial charge >= 0.3 is 0 Å². The van der Waals surface area contributed by atoms with Crippen LogP contribution in [0.4, 0.5) is 15.8 Å². The predicted molar refractivity (Wildman–Crippen MR) is 169 cm³/mol. The monoisotopic (exact) mass is 594 g/mol. The Hall–Kier alpha value is -4.89. The third kappa shape index (κ3) is 6.09. The van der Waals surface area contributed by atoms with Crippen LogP contribution in [0.2, 0.25) is 0 Å². The minimum atomic E-state index is -0.621. The molecule has 1 aliphatic carbocycles. The van der Waals surface area contributed by atoms with Crippen LogP contribution in [-0.4, -0.2) is 48.3 Å². The molecule has 2 heterocycles. The lowest BCUT2D eigenvalue weighted by Crippen LogP contribution is -2.36. The summed E-state index contributed by atoms with van der Waals surface area (Å²) in [6.45, 7) is 6.25. The Labute approximate surface area is 256 Å². The van der Waals surface area contributed by atoms with Crippen molar-refractivity contribution in [2.24, 2.45) is 0 Å². The molecular formula is C35H35FN4O4. The number of allylic oxidation sites excluding steroid dienone is 1. The summed E-state index contributed by atoms with van der Waals surface area (Å²) >= 11 is 0. The molecule has 44 heavy (non-hydrogen) atoms. The Kier molecular flexibility index (Phi) is 7.97. The molecule has 1 saturated heterocycles. The minimum Gasteiger partial charge on any atom is -0.488 e. The zero-order valence-corrected chi connectivity index (χ0v) is 25.0. The molecule has 1 atom stereocenters. The molecule has 226 valence electrons. The van der Waals surface area contributed by atoms with E-state index < -0.39 is 11.7 Å². The maximum atomic E-state index is 15.2. The van der Waals surface area contributed by atoms with Crippen LogP contribution in [0, 0.1) is 5.82 Å². The smallest absolute Gasteiger partial charge is 0.257 e. The van der Waals surface area contributed by atoms with Crippen molar-refractivity contribution in [2.75, 3.05) is 31.0 Å². The number of hydrazine groups is 1. The maximum absolute atomic E-state index is 15.2. The van der Waals surface area contributed by atoms with E-state index in [-0.39, 0.29) is 23.1 Å². The Morgan fingerprint density at radius 2 is 1.89 bits per heavy atom. The zero-order chi connectivity index (χ0) is 30.8. The third-order valence-electron chi connectivity index (χ3n) is 8.27. The number of pyridine rings is 1. The normalized spacial score (nSPS) is 17.1. The van der Waals surface area contributed by atoms with E-state index in [4.69, 9.17) is 14.2 Å². The number of carbonyl (C=O) groups is 1. The van der Waals surface area contributed by atoms with Gasteiger partial charge in [0.2, 0.25) is 0 Å². The van der Waals surface area contributed by atoms with Crippen molar-refractivity contribution in [1.82, 2.24) is 9.99 Å². The fourth-order valence-corrected chi connectivity index (χ4v) is 5.42. The topological polar surface area (TPSA) is 76.2 Å². The molecular weight excluding hydrogens is 559 g/mol. The summed E-state index contributed by atoms with van der Waals surface area (Å²) in [6.07, 6.45) is 6.25. The molecule has 0 radical (unpaired) electrons. The number of fused-ring (bicyclic) bond motifs is 1. The number of hydrogen-bond donors (Lipinski definition) is 1. The summed E-state index contributed by atoms with van der Waals surface area (Å²) in [7, 11) is 3.76. The number of amides is 1. The van der Waals surface area contributed by atoms with E-state index in [0.29, 0.717) is 34.9 Å². The van der Waals surface area contributed by atoms with Crippen LogP contribution in [0.5, 0.6) is 17.2 Å². The highest BCUT2D eigenvalue weighted by Crippen LogP contribution is 2.48. The molecule has 1 unspecified atom stereocenters. The lowest BCUT2D eigenvalue weighted by molar-refractivity contribution is -0.112. The molecule has 1 saturated carbocycles. The minimum absolute atomic E-state index is 0.0218. The van der Waals surface area contributed by atoms with Gasteiger partial charge in [0, 0.05) is 55.6 Å². The lowest BCUT2D eigenvalue weighted by Gasteiger charge is -2.33. The van der Waals surface area contributed by atoms with Crippen LogP contribution in [0.3, 0.4) is 0 Å². The Balaban J connectivity index is 1.14. The van der Waals surface area contributed by atoms with Gasteiger partial charge in [0.15, 0.2) is 11.6 Å². The van der Waals surface area contributed by atoms with Crippen molar-refractivity contribution >= 4 is 28.2 Å². The van der Waals surface area contributed by atoms with Crippen LogP contribution in [0.1, 0.15) is 26.2 Å². The molecule has 1 aromatic heterocycles. The number of ether oxygens (including phenoxy) is 3. The molecule has 8 nitrogen and oxygen atoms in total. The average Bonchev–Trinajstić information content (AvgIpc) is 3.68. The van der Waals surface area contributed by atoms with Gasteiger partial charge in [-0.25, -0.2) is 4.39 Å². The van der Waals surface area contributed by atoms with Gasteiger partial charge in [-0.05, 0) is 62.2 Å². The van der Waals surface area contributed by atoms with Crippen LogP contribution >= 0.6 is 0 Å². The van der Waals surface area contributed by atoms with Gasteiger partial charge in [0.1, 0.15) is 17.6 Å². The highest BCUT2D eigenvalue weighted by molar-refractivity contribution is 6.06. The first kappa shape index (κ1) is 29.2. The number of para-hydroxylation sites is 1. The summed E-state index contributed by atoms with van der Waals surface area (Å²) in [5, 5.41) is 7.26. The van der Waals surface area contributed by atoms with E-state index in [1.807, 2.05) is 79.6 Å². The summed E-state index contributed by atoms with van der Waals surface area (Å²) in [5.41, 5.74) is 2.99. The molecule has 1 N–H and O–H groups in total. The molecule has 3 aromatic carbocycles. The molecule has 1 amide bonds. The van der Waals surface area contributed by atoms with Gasteiger partial charge in [-0.3, -0.25) is 19.8 Å². The number of nitrogens with one attached hydrogen (secondary N) is 1. The van der Waals surface area contributed by atoms with E-state index in [2.05, 4.69) is 16.9 Å². The molecule has 1 aliphatic heterocycles. The van der Waals surface area contributed by atoms with Crippen molar-refractivity contribution in [3.63, 3.8) is 0 Å². The Bertz CT molecular complexity index is 1740. The fraction of sp³-hybridized carbons (Fsp3) is 0.257. The van der Waals surface area contributed by atoms with Crippen LogP contribution in [-0.2, 0) is 9.53 Å². The summed E-state index contributed by atoms with van der Waals surface area (Å²) in [4.78, 5) is 17.6. The second-order valence-electron chi connectivity index (χ2n) is 11.2. The molecule has 2 fully saturated rings. The van der Waals surface area contributed by atoms with Gasteiger partial charge in [0.05, 0.1) is 29.0 Å². The van der Waals surface area contributed by atoms with Crippen LogP contribution in [0.15, 0.2) is 103 Å². The first-order valence-corrected chi connectivity index (χ1v) is 14.6. The quantitative estimate of drug-likeness (QED) is 0.118. The number of rotatable bonds is 10. The molecule has 2 aliphatic rings. The first-order chi connectivity index (χ1) is 21.2. The Morgan fingerprint density at radius 1 is 1.09 bits per heavy atom. The summed E-state index contributed by atoms with van der Waals surface area (Å²) in [6, 6.07) is 21.4. The van der Waals surface area contributed by atoms with E-state index >= 15 is 4.39 Å². The van der Waals surface area contributed by atoms with Gasteiger partial charge in [0.25, 0.3) is 5.91 Å².